The van der Waals surface area contributed by atoms with Crippen LogP contribution in [0.4, 0.5) is 0 Å². The zero-order chi connectivity index (χ0) is 11.4. The zero-order valence-corrected chi connectivity index (χ0v) is 8.86. The molecule has 0 saturated carbocycles. The number of rotatable bonds is 4. The molecule has 0 saturated heterocycles. The third kappa shape index (κ3) is 4.81. The van der Waals surface area contributed by atoms with Crippen LogP contribution in [0.2, 0.25) is 0 Å². The minimum absolute atomic E-state index is 0.176. The van der Waals surface area contributed by atoms with Gasteiger partial charge < -0.3 is 14.6 Å². The van der Waals surface area contributed by atoms with Crippen LogP contribution in [0, 0.1) is 5.92 Å². The number of carboxylic acids is 1. The lowest BCUT2D eigenvalue weighted by Crippen LogP contribution is -2.35. The van der Waals surface area contributed by atoms with E-state index in [1.54, 1.807) is 20.8 Å². The van der Waals surface area contributed by atoms with E-state index in [1.165, 1.54) is 7.11 Å². The highest BCUT2D eigenvalue weighted by Gasteiger charge is 2.30. The van der Waals surface area contributed by atoms with Crippen LogP contribution in [0.3, 0.4) is 0 Å². The van der Waals surface area contributed by atoms with Crippen LogP contribution in [0.25, 0.3) is 0 Å². The van der Waals surface area contributed by atoms with Gasteiger partial charge in [0.15, 0.2) is 5.92 Å². The van der Waals surface area contributed by atoms with Gasteiger partial charge in [-0.15, -0.1) is 0 Å². The van der Waals surface area contributed by atoms with Crippen molar-refractivity contribution in [1.82, 2.24) is 0 Å². The highest BCUT2D eigenvalue weighted by molar-refractivity contribution is 5.94. The van der Waals surface area contributed by atoms with Crippen LogP contribution < -0.4 is 0 Å². The summed E-state index contributed by atoms with van der Waals surface area (Å²) in [5, 5.41) is 8.69. The molecule has 0 aromatic heterocycles. The van der Waals surface area contributed by atoms with Crippen molar-refractivity contribution in [3.8, 4) is 0 Å². The Morgan fingerprint density at radius 3 is 2.14 bits per heavy atom. The Kier molecular flexibility index (Phi) is 4.56. The molecular weight excluding hydrogens is 188 g/mol. The first-order valence-electron chi connectivity index (χ1n) is 4.22. The summed E-state index contributed by atoms with van der Waals surface area (Å²) >= 11 is 0. The Morgan fingerprint density at radius 2 is 1.86 bits per heavy atom. The van der Waals surface area contributed by atoms with Crippen molar-refractivity contribution < 1.29 is 24.2 Å². The number of aliphatic carboxylic acids is 1. The van der Waals surface area contributed by atoms with Crippen LogP contribution in [0.1, 0.15) is 20.8 Å². The van der Waals surface area contributed by atoms with Gasteiger partial charge in [0.25, 0.3) is 0 Å². The lowest BCUT2D eigenvalue weighted by atomic mass is 10.1. The molecule has 0 heterocycles. The van der Waals surface area contributed by atoms with Crippen molar-refractivity contribution in [3.63, 3.8) is 0 Å². The Balaban J connectivity index is 4.38. The monoisotopic (exact) mass is 204 g/mol. The maximum absolute atomic E-state index is 11.3. The zero-order valence-electron chi connectivity index (χ0n) is 8.86. The minimum Gasteiger partial charge on any atom is -0.481 e. The van der Waals surface area contributed by atoms with Crippen molar-refractivity contribution in [3.05, 3.63) is 0 Å². The predicted octanol–water partition coefficient (Wildman–Crippen LogP) is 0.675. The first kappa shape index (κ1) is 12.9. The van der Waals surface area contributed by atoms with Crippen molar-refractivity contribution in [2.24, 2.45) is 5.92 Å². The van der Waals surface area contributed by atoms with E-state index in [9.17, 15) is 9.59 Å². The van der Waals surface area contributed by atoms with E-state index in [0.717, 1.165) is 0 Å². The maximum atomic E-state index is 11.3. The summed E-state index contributed by atoms with van der Waals surface area (Å²) in [6, 6.07) is 0. The summed E-state index contributed by atoms with van der Waals surface area (Å²) in [7, 11) is 1.33. The average molecular weight is 204 g/mol. The van der Waals surface area contributed by atoms with Crippen LogP contribution in [-0.4, -0.2) is 36.4 Å². The number of carbonyl (C=O) groups is 2. The normalized spacial score (nSPS) is 13.4. The first-order chi connectivity index (χ1) is 6.28. The molecule has 0 fully saturated rings. The largest absolute Gasteiger partial charge is 0.481 e. The quantitative estimate of drug-likeness (QED) is 0.538. The molecule has 1 N–H and O–H groups in total. The fraction of sp³-hybridized carbons (Fsp3) is 0.778. The Morgan fingerprint density at radius 1 is 1.36 bits per heavy atom. The standard InChI is InChI=1S/C9H16O5/c1-9(2,3)14-8(12)6(5-13-4)7(10)11/h6H,5H2,1-4H3,(H,10,11). The highest BCUT2D eigenvalue weighted by Crippen LogP contribution is 2.11. The van der Waals surface area contributed by atoms with E-state index in [1.807, 2.05) is 0 Å². The van der Waals surface area contributed by atoms with Crippen molar-refractivity contribution in [2.75, 3.05) is 13.7 Å². The van der Waals surface area contributed by atoms with E-state index in [0.29, 0.717) is 0 Å². The van der Waals surface area contributed by atoms with Gasteiger partial charge in [0, 0.05) is 7.11 Å². The molecule has 0 bridgehead atoms. The number of carboxylic acid groups (broad SMARTS) is 1. The second-order valence-corrected chi connectivity index (χ2v) is 3.88. The van der Waals surface area contributed by atoms with Crippen molar-refractivity contribution in [1.29, 1.82) is 0 Å². The number of methoxy groups -OCH3 is 1. The van der Waals surface area contributed by atoms with Gasteiger partial charge >= 0.3 is 11.9 Å². The summed E-state index contributed by atoms with van der Waals surface area (Å²) in [5.74, 6) is -3.26. The molecule has 1 unspecified atom stereocenters. The molecule has 5 nitrogen and oxygen atoms in total. The van der Waals surface area contributed by atoms with E-state index in [4.69, 9.17) is 9.84 Å². The lowest BCUT2D eigenvalue weighted by molar-refractivity contribution is -0.169. The fourth-order valence-electron chi connectivity index (χ4n) is 0.780. The summed E-state index contributed by atoms with van der Waals surface area (Å²) < 4.78 is 9.53. The molecule has 5 heteroatoms. The molecule has 0 aliphatic carbocycles. The highest BCUT2D eigenvalue weighted by atomic mass is 16.6. The van der Waals surface area contributed by atoms with Crippen LogP contribution >= 0.6 is 0 Å². The third-order valence-electron chi connectivity index (χ3n) is 1.32. The van der Waals surface area contributed by atoms with E-state index in [-0.39, 0.29) is 6.61 Å². The summed E-state index contributed by atoms with van der Waals surface area (Å²) in [6.45, 7) is 4.86. The summed E-state index contributed by atoms with van der Waals surface area (Å²) in [4.78, 5) is 21.9. The van der Waals surface area contributed by atoms with Gasteiger partial charge in [-0.1, -0.05) is 0 Å². The molecule has 14 heavy (non-hydrogen) atoms. The van der Waals surface area contributed by atoms with Crippen LogP contribution in [-0.2, 0) is 19.1 Å². The topological polar surface area (TPSA) is 72.8 Å². The molecule has 0 aliphatic rings. The molecular formula is C9H16O5. The second kappa shape index (κ2) is 4.95. The van der Waals surface area contributed by atoms with Crippen LogP contribution in [0.15, 0.2) is 0 Å². The van der Waals surface area contributed by atoms with Gasteiger partial charge in [-0.25, -0.2) is 0 Å². The average Bonchev–Trinajstić information content (AvgIpc) is 1.95. The molecule has 0 aromatic rings. The summed E-state index contributed by atoms with van der Waals surface area (Å²) in [5.41, 5.74) is -0.682. The van der Waals surface area contributed by atoms with E-state index < -0.39 is 23.5 Å². The maximum Gasteiger partial charge on any atom is 0.323 e. The molecule has 0 amide bonds. The number of carbonyl (C=O) groups excluding carboxylic acids is 1. The molecule has 0 radical (unpaired) electrons. The number of esters is 1. The number of ether oxygens (including phenoxy) is 2. The molecule has 82 valence electrons. The Labute approximate surface area is 83.0 Å². The van der Waals surface area contributed by atoms with Crippen molar-refractivity contribution in [2.45, 2.75) is 26.4 Å². The number of hydrogen-bond acceptors (Lipinski definition) is 4. The van der Waals surface area contributed by atoms with Crippen molar-refractivity contribution >= 4 is 11.9 Å². The van der Waals surface area contributed by atoms with Gasteiger partial charge in [-0.2, -0.15) is 0 Å². The predicted molar refractivity (Wildman–Crippen MR) is 48.8 cm³/mol. The van der Waals surface area contributed by atoms with Gasteiger partial charge in [-0.3, -0.25) is 9.59 Å². The van der Waals surface area contributed by atoms with Gasteiger partial charge in [-0.05, 0) is 20.8 Å². The van der Waals surface area contributed by atoms with Crippen LogP contribution in [0.5, 0.6) is 0 Å². The summed E-state index contributed by atoms with van der Waals surface area (Å²) in [6.07, 6.45) is 0. The minimum atomic E-state index is -1.25. The Hall–Kier alpha value is -1.10. The third-order valence-corrected chi connectivity index (χ3v) is 1.32. The van der Waals surface area contributed by atoms with E-state index in [2.05, 4.69) is 4.74 Å². The molecule has 0 aliphatic heterocycles. The smallest absolute Gasteiger partial charge is 0.323 e. The Bertz CT molecular complexity index is 216. The number of hydrogen-bond donors (Lipinski definition) is 1. The fourth-order valence-corrected chi connectivity index (χ4v) is 0.780. The molecule has 0 rings (SSSR count). The van der Waals surface area contributed by atoms with Gasteiger partial charge in [0.1, 0.15) is 5.60 Å². The first-order valence-corrected chi connectivity index (χ1v) is 4.22. The van der Waals surface area contributed by atoms with Gasteiger partial charge in [0.2, 0.25) is 0 Å². The second-order valence-electron chi connectivity index (χ2n) is 3.88. The lowest BCUT2D eigenvalue weighted by Gasteiger charge is -2.21. The van der Waals surface area contributed by atoms with Gasteiger partial charge in [0.05, 0.1) is 6.61 Å². The molecule has 0 aromatic carbocycles. The SMILES string of the molecule is COCC(C(=O)O)C(=O)OC(C)(C)C. The molecule has 1 atom stereocenters. The molecule has 0 spiro atoms. The van der Waals surface area contributed by atoms with E-state index >= 15 is 0 Å².